The Bertz CT molecular complexity index is 1790. The first-order chi connectivity index (χ1) is 19.5. The third-order valence-corrected chi connectivity index (χ3v) is 10.8. The molecule has 0 radical (unpaired) electrons. The fourth-order valence-electron chi connectivity index (χ4n) is 5.07. The third-order valence-electron chi connectivity index (χ3n) is 7.84. The van der Waals surface area contributed by atoms with Crippen LogP contribution in [0.2, 0.25) is 5.02 Å². The van der Waals surface area contributed by atoms with Gasteiger partial charge >= 0.3 is 5.56 Å². The minimum absolute atomic E-state index is 0.0604. The fourth-order valence-corrected chi connectivity index (χ4v) is 7.72. The number of halogens is 1. The van der Waals surface area contributed by atoms with Crippen molar-refractivity contribution in [3.05, 3.63) is 69.7 Å². The van der Waals surface area contributed by atoms with Crippen molar-refractivity contribution in [2.45, 2.75) is 25.5 Å². The van der Waals surface area contributed by atoms with Gasteiger partial charge in [-0.3, -0.25) is 4.79 Å². The van der Waals surface area contributed by atoms with Crippen LogP contribution in [0.25, 0.3) is 15.8 Å². The lowest BCUT2D eigenvalue weighted by Gasteiger charge is -2.36. The molecule has 0 spiro atoms. The predicted octanol–water partition coefficient (Wildman–Crippen LogP) is 3.34. The Morgan fingerprint density at radius 3 is 2.63 bits per heavy atom. The van der Waals surface area contributed by atoms with E-state index in [1.54, 1.807) is 48.1 Å². The molecule has 0 unspecified atom stereocenters. The molecule has 4 aromatic rings. The van der Waals surface area contributed by atoms with Crippen molar-refractivity contribution < 1.29 is 17.1 Å². The van der Waals surface area contributed by atoms with Crippen LogP contribution in [0.1, 0.15) is 25.3 Å². The van der Waals surface area contributed by atoms with Gasteiger partial charge in [0.1, 0.15) is 21.9 Å². The van der Waals surface area contributed by atoms with E-state index in [-0.39, 0.29) is 35.6 Å². The minimum atomic E-state index is -3.64. The van der Waals surface area contributed by atoms with Crippen molar-refractivity contribution in [2.75, 3.05) is 43.4 Å². The number of benzene rings is 2. The molecule has 3 heterocycles. The monoisotopic (exact) mass is 615 g/mol. The number of hydrogen-bond acceptors (Lipinski definition) is 8. The first-order valence-electron chi connectivity index (χ1n) is 13.4. The SMILES string of the molecule is C[n+]1cc2c(CS(=O)(=O)N3CCN(c4cnn(-c5cccc(Cl)c5)c(=O)c4OCC4(C)CC4)CC3)c(N)ccc2s1. The van der Waals surface area contributed by atoms with Gasteiger partial charge in [0, 0.05) is 47.9 Å². The Hall–Kier alpha value is -3.19. The van der Waals surface area contributed by atoms with Gasteiger partial charge in [-0.15, -0.1) is 3.96 Å². The third kappa shape index (κ3) is 5.66. The van der Waals surface area contributed by atoms with Crippen LogP contribution in [0.4, 0.5) is 11.4 Å². The predicted molar refractivity (Wildman–Crippen MR) is 162 cm³/mol. The average molecular weight is 616 g/mol. The fraction of sp³-hybridized carbons (Fsp3) is 0.393. The number of aryl methyl sites for hydroxylation is 1. The molecule has 0 amide bonds. The van der Waals surface area contributed by atoms with Crippen molar-refractivity contribution in [3.8, 4) is 11.4 Å². The summed E-state index contributed by atoms with van der Waals surface area (Å²) in [5, 5.41) is 5.78. The summed E-state index contributed by atoms with van der Waals surface area (Å²) in [4.78, 5) is 15.6. The van der Waals surface area contributed by atoms with Crippen LogP contribution in [-0.4, -0.2) is 55.3 Å². The van der Waals surface area contributed by atoms with Crippen molar-refractivity contribution in [3.63, 3.8) is 0 Å². The lowest BCUT2D eigenvalue weighted by atomic mass is 10.1. The Labute approximate surface area is 247 Å². The first-order valence-corrected chi connectivity index (χ1v) is 16.2. The summed E-state index contributed by atoms with van der Waals surface area (Å²) in [7, 11) is -1.72. The number of nitrogens with two attached hydrogens (primary N) is 1. The van der Waals surface area contributed by atoms with Crippen molar-refractivity contribution in [1.29, 1.82) is 0 Å². The molecular weight excluding hydrogens is 584 g/mol. The zero-order chi connectivity index (χ0) is 28.9. The molecule has 6 rings (SSSR count). The maximum absolute atomic E-state index is 13.6. The summed E-state index contributed by atoms with van der Waals surface area (Å²) in [5.41, 5.74) is 8.11. The van der Waals surface area contributed by atoms with Gasteiger partial charge in [-0.05, 0) is 43.2 Å². The van der Waals surface area contributed by atoms with E-state index in [2.05, 4.69) is 12.0 Å². The van der Waals surface area contributed by atoms with Gasteiger partial charge in [-0.2, -0.15) is 14.1 Å². The van der Waals surface area contributed by atoms with Gasteiger partial charge in [0.15, 0.2) is 13.2 Å². The Morgan fingerprint density at radius 2 is 1.93 bits per heavy atom. The van der Waals surface area contributed by atoms with Gasteiger partial charge < -0.3 is 15.4 Å². The molecule has 2 fully saturated rings. The molecule has 0 bridgehead atoms. The number of aromatic nitrogens is 3. The number of piperazine rings is 1. The van der Waals surface area contributed by atoms with Crippen LogP contribution in [0.5, 0.6) is 5.75 Å². The zero-order valence-corrected chi connectivity index (χ0v) is 25.3. The quantitative estimate of drug-likeness (QED) is 0.239. The molecule has 10 nitrogen and oxygen atoms in total. The van der Waals surface area contributed by atoms with Gasteiger partial charge in [-0.25, -0.2) is 8.42 Å². The zero-order valence-electron chi connectivity index (χ0n) is 22.9. The number of sulfonamides is 1. The van der Waals surface area contributed by atoms with Gasteiger partial charge in [0.2, 0.25) is 15.8 Å². The second-order valence-electron chi connectivity index (χ2n) is 11.1. The smallest absolute Gasteiger partial charge is 0.316 e. The topological polar surface area (TPSA) is 115 Å². The molecule has 13 heteroatoms. The molecule has 2 aliphatic rings. The van der Waals surface area contributed by atoms with E-state index in [1.807, 2.05) is 28.2 Å². The molecule has 2 N–H and O–H groups in total. The molecule has 1 aliphatic heterocycles. The minimum Gasteiger partial charge on any atom is -0.486 e. The molecule has 1 aliphatic carbocycles. The van der Waals surface area contributed by atoms with Crippen molar-refractivity contribution >= 4 is 54.6 Å². The number of nitrogens with zero attached hydrogens (tertiary/aromatic N) is 5. The number of fused-ring (bicyclic) bond motifs is 1. The largest absolute Gasteiger partial charge is 0.486 e. The van der Waals surface area contributed by atoms with Crippen molar-refractivity contribution in [1.82, 2.24) is 14.1 Å². The molecule has 41 heavy (non-hydrogen) atoms. The van der Waals surface area contributed by atoms with Gasteiger partial charge in [0.25, 0.3) is 0 Å². The number of anilines is 2. The number of ether oxygens (including phenoxy) is 1. The molecule has 2 aromatic heterocycles. The van der Waals surface area contributed by atoms with Gasteiger partial charge in [0.05, 0.1) is 29.6 Å². The standard InChI is InChI=1S/C28H32ClN6O4S2/c1-28(8-9-28)18-39-26-24(15-31-35(27(26)36)20-5-3-4-19(29)14-20)33-10-12-34(13-11-33)41(37,38)17-22-21-16-32(2)40-25(21)7-6-23(22)30/h3-7,14-16H,8-13,17-18,30H2,1-2H3/q+1. The lowest BCUT2D eigenvalue weighted by molar-refractivity contribution is -0.599. The van der Waals surface area contributed by atoms with Gasteiger partial charge in [-0.1, -0.05) is 24.6 Å². The van der Waals surface area contributed by atoms with E-state index in [9.17, 15) is 13.2 Å². The van der Waals surface area contributed by atoms with Crippen LogP contribution in [0, 0.1) is 5.41 Å². The van der Waals surface area contributed by atoms with Crippen LogP contribution in [0.3, 0.4) is 0 Å². The maximum Gasteiger partial charge on any atom is 0.316 e. The lowest BCUT2D eigenvalue weighted by Crippen LogP contribution is -2.49. The molecule has 0 atom stereocenters. The summed E-state index contributed by atoms with van der Waals surface area (Å²) in [6.45, 7) is 3.88. The highest BCUT2D eigenvalue weighted by molar-refractivity contribution is 7.88. The summed E-state index contributed by atoms with van der Waals surface area (Å²) in [5.74, 6) is 0.0473. The average Bonchev–Trinajstić information content (AvgIpc) is 3.55. The molecular formula is C28H32ClN6O4S2+. The maximum atomic E-state index is 13.6. The normalized spacial score (nSPS) is 17.2. The highest BCUT2D eigenvalue weighted by atomic mass is 35.5. The Balaban J connectivity index is 1.24. The Morgan fingerprint density at radius 1 is 1.17 bits per heavy atom. The van der Waals surface area contributed by atoms with E-state index >= 15 is 0 Å². The summed E-state index contributed by atoms with van der Waals surface area (Å²) in [6.07, 6.45) is 5.64. The second-order valence-corrected chi connectivity index (χ2v) is 14.7. The summed E-state index contributed by atoms with van der Waals surface area (Å²) in [6, 6.07) is 10.6. The van der Waals surface area contributed by atoms with Crippen molar-refractivity contribution in [2.24, 2.45) is 12.5 Å². The first kappa shape index (κ1) is 28.0. The molecule has 1 saturated heterocycles. The van der Waals surface area contributed by atoms with Crippen LogP contribution >= 0.6 is 23.1 Å². The molecule has 2 aromatic carbocycles. The highest BCUT2D eigenvalue weighted by Gasteiger charge is 2.39. The van der Waals surface area contributed by atoms with E-state index in [1.165, 1.54) is 8.99 Å². The Kier molecular flexibility index (Phi) is 7.21. The van der Waals surface area contributed by atoms with E-state index < -0.39 is 10.0 Å². The van der Waals surface area contributed by atoms with E-state index in [4.69, 9.17) is 22.1 Å². The van der Waals surface area contributed by atoms with E-state index in [0.29, 0.717) is 47.3 Å². The number of rotatable bonds is 8. The molecule has 216 valence electrons. The summed E-state index contributed by atoms with van der Waals surface area (Å²) >= 11 is 7.71. The highest BCUT2D eigenvalue weighted by Crippen LogP contribution is 2.45. The van der Waals surface area contributed by atoms with E-state index in [0.717, 1.165) is 22.9 Å². The summed E-state index contributed by atoms with van der Waals surface area (Å²) < 4.78 is 38.9. The molecule has 1 saturated carbocycles. The number of hydrogen-bond donors (Lipinski definition) is 1. The van der Waals surface area contributed by atoms with Crippen LogP contribution < -0.4 is 24.9 Å². The van der Waals surface area contributed by atoms with Crippen LogP contribution in [-0.2, 0) is 22.8 Å². The number of nitrogen functional groups attached to an aromatic ring is 1. The second kappa shape index (κ2) is 10.6. The van der Waals surface area contributed by atoms with Crippen LogP contribution in [0.15, 0.2) is 53.6 Å².